The molecule has 0 spiro atoms. The molecular weight excluding hydrogens is 309 g/mol. The number of anilines is 1. The van der Waals surface area contributed by atoms with Crippen LogP contribution < -0.4 is 5.32 Å². The van der Waals surface area contributed by atoms with E-state index in [0.29, 0.717) is 0 Å². The summed E-state index contributed by atoms with van der Waals surface area (Å²) in [6.07, 6.45) is 0. The summed E-state index contributed by atoms with van der Waals surface area (Å²) >= 11 is 3.44. The number of carbonyl (C=O) groups excluding carboxylic acids is 1. The summed E-state index contributed by atoms with van der Waals surface area (Å²) in [6, 6.07) is 9.90. The Hall–Kier alpha value is -0.490. The fourth-order valence-electron chi connectivity index (χ4n) is 1.17. The maximum Gasteiger partial charge on any atom is 0.227 e. The molecule has 1 N–H and O–H groups in total. The van der Waals surface area contributed by atoms with E-state index in [4.69, 9.17) is 0 Å². The molecule has 0 saturated carbocycles. The van der Waals surface area contributed by atoms with Gasteiger partial charge in [0.05, 0.1) is 3.58 Å². The highest BCUT2D eigenvalue weighted by molar-refractivity contribution is 14.1. The summed E-state index contributed by atoms with van der Waals surface area (Å²) in [7, 11) is 0. The van der Waals surface area contributed by atoms with Crippen molar-refractivity contribution in [3.05, 3.63) is 39.6 Å². The third-order valence-electron chi connectivity index (χ3n) is 1.86. The van der Waals surface area contributed by atoms with Gasteiger partial charge in [0.15, 0.2) is 0 Å². The first kappa shape index (κ1) is 10.0. The first-order valence-corrected chi connectivity index (χ1v) is 6.21. The molecule has 0 amide bonds. The maximum atomic E-state index is 11.2. The van der Waals surface area contributed by atoms with Crippen molar-refractivity contribution in [3.8, 4) is 0 Å². The van der Waals surface area contributed by atoms with Crippen molar-refractivity contribution in [2.75, 3.05) is 11.1 Å². The molecule has 0 unspecified atom stereocenters. The van der Waals surface area contributed by atoms with E-state index >= 15 is 0 Å². The zero-order valence-electron chi connectivity index (χ0n) is 7.29. The summed E-state index contributed by atoms with van der Waals surface area (Å²) < 4.78 is 0.816. The van der Waals surface area contributed by atoms with Crippen molar-refractivity contribution in [1.29, 1.82) is 0 Å². The number of carbonyl (C=O) groups is 1. The molecule has 1 aromatic carbocycles. The van der Waals surface area contributed by atoms with Crippen LogP contribution in [0.15, 0.2) is 39.6 Å². The first-order valence-electron chi connectivity index (χ1n) is 4.15. The van der Waals surface area contributed by atoms with Gasteiger partial charge >= 0.3 is 0 Å². The van der Waals surface area contributed by atoms with E-state index in [1.54, 1.807) is 0 Å². The van der Waals surface area contributed by atoms with Crippen LogP contribution in [0.25, 0.3) is 0 Å². The molecule has 0 bridgehead atoms. The molecule has 14 heavy (non-hydrogen) atoms. The largest absolute Gasteiger partial charge is 0.357 e. The van der Waals surface area contributed by atoms with E-state index in [0.717, 1.165) is 20.7 Å². The predicted octanol–water partition coefficient (Wildman–Crippen LogP) is 3.02. The van der Waals surface area contributed by atoms with Gasteiger partial charge in [0.2, 0.25) is 5.12 Å². The smallest absolute Gasteiger partial charge is 0.227 e. The lowest BCUT2D eigenvalue weighted by atomic mass is 10.3. The van der Waals surface area contributed by atoms with Crippen LogP contribution in [0, 0.1) is 0 Å². The first-order chi connectivity index (χ1) is 6.77. The molecule has 2 rings (SSSR count). The molecule has 0 aromatic heterocycles. The molecule has 72 valence electrons. The maximum absolute atomic E-state index is 11.2. The Morgan fingerprint density at radius 2 is 2.00 bits per heavy atom. The van der Waals surface area contributed by atoms with E-state index in [1.807, 2.05) is 30.3 Å². The number of thioether (sulfide) groups is 1. The molecule has 2 nitrogen and oxygen atoms in total. The van der Waals surface area contributed by atoms with Gasteiger partial charge in [-0.3, -0.25) is 4.79 Å². The Bertz CT molecular complexity index is 388. The monoisotopic (exact) mass is 317 g/mol. The standard InChI is InChI=1S/C10H8INOS/c11-9-8(6-14-10(9)13)12-7-4-2-1-3-5-7/h1-5,12H,6H2. The van der Waals surface area contributed by atoms with Gasteiger partial charge in [-0.2, -0.15) is 0 Å². The molecule has 4 heteroatoms. The number of halogens is 1. The number of rotatable bonds is 2. The van der Waals surface area contributed by atoms with Crippen LogP contribution in [0.5, 0.6) is 0 Å². The summed E-state index contributed by atoms with van der Waals surface area (Å²) in [6.45, 7) is 0. The van der Waals surface area contributed by atoms with Gasteiger partial charge in [-0.1, -0.05) is 30.0 Å². The SMILES string of the molecule is O=C1SCC(Nc2ccccc2)=C1I. The minimum atomic E-state index is 0.170. The second-order valence-corrected chi connectivity index (χ2v) is 4.89. The van der Waals surface area contributed by atoms with Crippen molar-refractivity contribution in [3.63, 3.8) is 0 Å². The lowest BCUT2D eigenvalue weighted by Gasteiger charge is -2.05. The van der Waals surface area contributed by atoms with Crippen LogP contribution in [0.1, 0.15) is 0 Å². The number of para-hydroxylation sites is 1. The second kappa shape index (κ2) is 4.35. The average Bonchev–Trinajstić information content (AvgIpc) is 2.52. The number of nitrogens with one attached hydrogen (secondary N) is 1. The van der Waals surface area contributed by atoms with Gasteiger partial charge in [-0.05, 0) is 34.7 Å². The third kappa shape index (κ3) is 2.12. The summed E-state index contributed by atoms with van der Waals surface area (Å²) in [5.74, 6) is 0.756. The highest BCUT2D eigenvalue weighted by Crippen LogP contribution is 2.31. The van der Waals surface area contributed by atoms with E-state index in [1.165, 1.54) is 11.8 Å². The van der Waals surface area contributed by atoms with Crippen LogP contribution in [0.2, 0.25) is 0 Å². The molecule has 1 aromatic rings. The van der Waals surface area contributed by atoms with Gasteiger partial charge in [0.1, 0.15) is 0 Å². The van der Waals surface area contributed by atoms with Crippen molar-refractivity contribution in [1.82, 2.24) is 0 Å². The fourth-order valence-corrected chi connectivity index (χ4v) is 2.97. The summed E-state index contributed by atoms with van der Waals surface area (Å²) in [4.78, 5) is 11.2. The summed E-state index contributed by atoms with van der Waals surface area (Å²) in [5, 5.41) is 3.42. The van der Waals surface area contributed by atoms with Crippen molar-refractivity contribution >= 4 is 45.2 Å². The molecule has 0 saturated heterocycles. The predicted molar refractivity (Wildman–Crippen MR) is 68.6 cm³/mol. The number of hydrogen-bond acceptors (Lipinski definition) is 3. The second-order valence-electron chi connectivity index (χ2n) is 2.86. The lowest BCUT2D eigenvalue weighted by molar-refractivity contribution is -0.107. The Labute approximate surface area is 100 Å². The Balaban J connectivity index is 2.17. The number of hydrogen-bond donors (Lipinski definition) is 1. The molecular formula is C10H8INOS. The van der Waals surface area contributed by atoms with Gasteiger partial charge in [-0.25, -0.2) is 0 Å². The van der Waals surface area contributed by atoms with Crippen molar-refractivity contribution in [2.24, 2.45) is 0 Å². The van der Waals surface area contributed by atoms with E-state index in [9.17, 15) is 4.79 Å². The van der Waals surface area contributed by atoms with Crippen molar-refractivity contribution in [2.45, 2.75) is 0 Å². The zero-order chi connectivity index (χ0) is 9.97. The molecule has 1 heterocycles. The summed E-state index contributed by atoms with van der Waals surface area (Å²) in [5.41, 5.74) is 2.05. The van der Waals surface area contributed by atoms with Gasteiger partial charge in [0, 0.05) is 17.1 Å². The zero-order valence-corrected chi connectivity index (χ0v) is 10.3. The normalized spacial score (nSPS) is 16.2. The van der Waals surface area contributed by atoms with E-state index in [-0.39, 0.29) is 5.12 Å². The Morgan fingerprint density at radius 3 is 2.57 bits per heavy atom. The molecule has 1 aliphatic heterocycles. The quantitative estimate of drug-likeness (QED) is 0.850. The Kier molecular flexibility index (Phi) is 3.12. The highest BCUT2D eigenvalue weighted by Gasteiger charge is 2.21. The van der Waals surface area contributed by atoms with Crippen LogP contribution in [-0.4, -0.2) is 10.9 Å². The van der Waals surface area contributed by atoms with Crippen LogP contribution in [-0.2, 0) is 4.79 Å². The van der Waals surface area contributed by atoms with Gasteiger partial charge in [0.25, 0.3) is 0 Å². The lowest BCUT2D eigenvalue weighted by Crippen LogP contribution is -2.00. The molecule has 0 atom stereocenters. The molecule has 0 aliphatic carbocycles. The molecule has 1 aliphatic rings. The minimum absolute atomic E-state index is 0.170. The fraction of sp³-hybridized carbons (Fsp3) is 0.100. The molecule has 0 radical (unpaired) electrons. The molecule has 0 fully saturated rings. The highest BCUT2D eigenvalue weighted by atomic mass is 127. The van der Waals surface area contributed by atoms with Gasteiger partial charge in [-0.15, -0.1) is 0 Å². The third-order valence-corrected chi connectivity index (χ3v) is 4.27. The average molecular weight is 317 g/mol. The number of benzene rings is 1. The minimum Gasteiger partial charge on any atom is -0.357 e. The van der Waals surface area contributed by atoms with Crippen LogP contribution in [0.4, 0.5) is 5.69 Å². The Morgan fingerprint density at radius 1 is 1.29 bits per heavy atom. The van der Waals surface area contributed by atoms with E-state index < -0.39 is 0 Å². The van der Waals surface area contributed by atoms with Crippen LogP contribution in [0.3, 0.4) is 0 Å². The van der Waals surface area contributed by atoms with Crippen molar-refractivity contribution < 1.29 is 4.79 Å². The van der Waals surface area contributed by atoms with Crippen LogP contribution >= 0.6 is 34.4 Å². The topological polar surface area (TPSA) is 29.1 Å². The van der Waals surface area contributed by atoms with E-state index in [2.05, 4.69) is 27.9 Å². The van der Waals surface area contributed by atoms with Gasteiger partial charge < -0.3 is 5.32 Å².